The number of fused-ring (bicyclic) bond motifs is 1. The number of nitrogens with zero attached hydrogens (tertiary/aromatic N) is 1. The van der Waals surface area contributed by atoms with Crippen molar-refractivity contribution < 1.29 is 4.79 Å². The van der Waals surface area contributed by atoms with Gasteiger partial charge in [-0.05, 0) is 57.7 Å². The van der Waals surface area contributed by atoms with E-state index in [-0.39, 0.29) is 16.9 Å². The first-order chi connectivity index (χ1) is 9.44. The van der Waals surface area contributed by atoms with Crippen LogP contribution in [0.2, 0.25) is 0 Å². The molecule has 0 saturated carbocycles. The van der Waals surface area contributed by atoms with Crippen molar-refractivity contribution in [1.82, 2.24) is 0 Å². The lowest BCUT2D eigenvalue weighted by Gasteiger charge is -2.32. The van der Waals surface area contributed by atoms with Crippen molar-refractivity contribution in [1.29, 1.82) is 0 Å². The fraction of sp³-hybridized carbons (Fsp3) is 0.526. The Kier molecular flexibility index (Phi) is 3.56. The van der Waals surface area contributed by atoms with Crippen LogP contribution in [0.3, 0.4) is 0 Å². The monoisotopic (exact) mass is 285 g/mol. The van der Waals surface area contributed by atoms with Gasteiger partial charge in [-0.1, -0.05) is 32.4 Å². The van der Waals surface area contributed by atoms with Crippen LogP contribution in [-0.2, 0) is 10.2 Å². The molecule has 0 radical (unpaired) electrons. The Hall–Kier alpha value is -1.57. The molecule has 2 nitrogen and oxygen atoms in total. The molecule has 1 aromatic carbocycles. The van der Waals surface area contributed by atoms with Crippen molar-refractivity contribution in [3.8, 4) is 0 Å². The van der Waals surface area contributed by atoms with E-state index in [9.17, 15) is 4.79 Å². The molecule has 1 aliphatic heterocycles. The first-order valence-corrected chi connectivity index (χ1v) is 7.61. The molecule has 0 aromatic heterocycles. The van der Waals surface area contributed by atoms with Crippen LogP contribution in [0.25, 0.3) is 5.57 Å². The van der Waals surface area contributed by atoms with Crippen LogP contribution in [0.5, 0.6) is 0 Å². The van der Waals surface area contributed by atoms with E-state index < -0.39 is 0 Å². The minimum absolute atomic E-state index is 0.0833. The number of anilines is 1. The van der Waals surface area contributed by atoms with Crippen molar-refractivity contribution >= 4 is 17.2 Å². The third-order valence-corrected chi connectivity index (χ3v) is 3.96. The molecule has 0 bridgehead atoms. The van der Waals surface area contributed by atoms with Crippen molar-refractivity contribution in [2.24, 2.45) is 0 Å². The van der Waals surface area contributed by atoms with Crippen molar-refractivity contribution in [2.75, 3.05) is 4.90 Å². The Morgan fingerprint density at radius 3 is 2.00 bits per heavy atom. The van der Waals surface area contributed by atoms with Crippen molar-refractivity contribution in [2.45, 2.75) is 66.3 Å². The summed E-state index contributed by atoms with van der Waals surface area (Å²) in [6.45, 7) is 16.9. The van der Waals surface area contributed by atoms with Gasteiger partial charge in [0, 0.05) is 16.7 Å². The van der Waals surface area contributed by atoms with Gasteiger partial charge in [-0.2, -0.15) is 0 Å². The Balaban J connectivity index is 2.73. The quantitative estimate of drug-likeness (QED) is 0.619. The number of hydrogen-bond donors (Lipinski definition) is 0. The smallest absolute Gasteiger partial charge is 0.259 e. The molecule has 2 rings (SSSR count). The zero-order chi connectivity index (χ0) is 16.2. The Bertz CT molecular complexity index is 620. The highest BCUT2D eigenvalue weighted by Gasteiger charge is 2.39. The molecular weight excluding hydrogens is 258 g/mol. The molecule has 0 unspecified atom stereocenters. The summed E-state index contributed by atoms with van der Waals surface area (Å²) in [7, 11) is 0. The number of allylic oxidation sites excluding steroid dienone is 1. The first-order valence-electron chi connectivity index (χ1n) is 7.61. The molecule has 1 aromatic rings. The molecular formula is C19H27NO. The zero-order valence-electron chi connectivity index (χ0n) is 14.6. The minimum atomic E-state index is -0.216. The molecule has 0 aliphatic carbocycles. The predicted octanol–water partition coefficient (Wildman–Crippen LogP) is 4.92. The van der Waals surface area contributed by atoms with Gasteiger partial charge in [-0.3, -0.25) is 4.79 Å². The molecule has 114 valence electrons. The van der Waals surface area contributed by atoms with Gasteiger partial charge < -0.3 is 4.90 Å². The Morgan fingerprint density at radius 2 is 1.57 bits per heavy atom. The molecule has 1 amide bonds. The fourth-order valence-corrected chi connectivity index (χ4v) is 2.88. The average molecular weight is 285 g/mol. The van der Waals surface area contributed by atoms with E-state index in [1.165, 1.54) is 5.56 Å². The lowest BCUT2D eigenvalue weighted by molar-refractivity contribution is -0.113. The molecule has 0 fully saturated rings. The lowest BCUT2D eigenvalue weighted by atomic mass is 9.85. The van der Waals surface area contributed by atoms with Crippen molar-refractivity contribution in [3.05, 3.63) is 34.9 Å². The maximum atomic E-state index is 12.9. The van der Waals surface area contributed by atoms with E-state index in [1.54, 1.807) is 0 Å². The molecule has 0 N–H and O–H groups in total. The normalized spacial score (nSPS) is 15.5. The summed E-state index contributed by atoms with van der Waals surface area (Å²) in [5.41, 5.74) is 5.21. The number of rotatable bonds is 0. The molecule has 2 heteroatoms. The number of carbonyl (C=O) groups excluding carboxylic acids is 1. The highest BCUT2D eigenvalue weighted by atomic mass is 16.2. The molecule has 1 aliphatic rings. The lowest BCUT2D eigenvalue weighted by Crippen LogP contribution is -2.43. The maximum absolute atomic E-state index is 12.9. The summed E-state index contributed by atoms with van der Waals surface area (Å²) in [6.07, 6.45) is 0. The molecule has 0 saturated heterocycles. The van der Waals surface area contributed by atoms with E-state index in [0.29, 0.717) is 0 Å². The van der Waals surface area contributed by atoms with Gasteiger partial charge in [0.1, 0.15) is 0 Å². The number of carbonyl (C=O) groups is 1. The standard InChI is InChI=1S/C19H27NO/c1-12(2)16-14-11-13(18(3,4)5)9-10-15(14)20(17(16)21)19(6,7)8/h9-11H,1-8H3. The number of hydrogen-bond acceptors (Lipinski definition) is 1. The van der Waals surface area contributed by atoms with Gasteiger partial charge in [0.15, 0.2) is 0 Å². The van der Waals surface area contributed by atoms with Crippen LogP contribution in [0.1, 0.15) is 66.5 Å². The molecule has 1 heterocycles. The predicted molar refractivity (Wildman–Crippen MR) is 90.6 cm³/mol. The average Bonchev–Trinajstić information content (AvgIpc) is 2.57. The van der Waals surface area contributed by atoms with Crippen LogP contribution < -0.4 is 4.90 Å². The van der Waals surface area contributed by atoms with E-state index in [2.05, 4.69) is 59.7 Å². The Labute approximate surface area is 128 Å². The highest BCUT2D eigenvalue weighted by Crippen LogP contribution is 2.43. The van der Waals surface area contributed by atoms with E-state index >= 15 is 0 Å². The second-order valence-electron chi connectivity index (χ2n) is 8.17. The van der Waals surface area contributed by atoms with Crippen LogP contribution in [0.15, 0.2) is 23.8 Å². The van der Waals surface area contributed by atoms with Gasteiger partial charge in [0.25, 0.3) is 5.91 Å². The van der Waals surface area contributed by atoms with Crippen LogP contribution in [0, 0.1) is 0 Å². The molecule has 0 atom stereocenters. The van der Waals surface area contributed by atoms with E-state index in [1.807, 2.05) is 18.7 Å². The van der Waals surface area contributed by atoms with Crippen LogP contribution in [-0.4, -0.2) is 11.4 Å². The van der Waals surface area contributed by atoms with Crippen LogP contribution >= 0.6 is 0 Å². The summed E-state index contributed by atoms with van der Waals surface area (Å²) in [5, 5.41) is 0. The number of amides is 1. The second-order valence-corrected chi connectivity index (χ2v) is 8.17. The molecule has 21 heavy (non-hydrogen) atoms. The summed E-state index contributed by atoms with van der Waals surface area (Å²) in [5.74, 6) is 0.128. The van der Waals surface area contributed by atoms with Crippen molar-refractivity contribution in [3.63, 3.8) is 0 Å². The fourth-order valence-electron chi connectivity index (χ4n) is 2.88. The second kappa shape index (κ2) is 4.72. The van der Waals surface area contributed by atoms with Gasteiger partial charge in [-0.15, -0.1) is 0 Å². The van der Waals surface area contributed by atoms with Gasteiger partial charge >= 0.3 is 0 Å². The van der Waals surface area contributed by atoms with Crippen LogP contribution in [0.4, 0.5) is 5.69 Å². The topological polar surface area (TPSA) is 20.3 Å². The summed E-state index contributed by atoms with van der Waals surface area (Å²) < 4.78 is 0. The first kappa shape index (κ1) is 15.8. The van der Waals surface area contributed by atoms with E-state index in [0.717, 1.165) is 22.4 Å². The Morgan fingerprint density at radius 1 is 1.00 bits per heavy atom. The summed E-state index contributed by atoms with van der Waals surface area (Å²) >= 11 is 0. The minimum Gasteiger partial charge on any atom is -0.302 e. The maximum Gasteiger partial charge on any atom is 0.259 e. The summed E-state index contributed by atoms with van der Waals surface area (Å²) in [4.78, 5) is 14.8. The largest absolute Gasteiger partial charge is 0.302 e. The third kappa shape index (κ3) is 2.64. The molecule has 0 spiro atoms. The third-order valence-electron chi connectivity index (χ3n) is 3.96. The SMILES string of the molecule is CC(C)=C1C(=O)N(C(C)(C)C)c2ccc(C(C)(C)C)cc21. The van der Waals surface area contributed by atoms with Gasteiger partial charge in [0.2, 0.25) is 0 Å². The highest BCUT2D eigenvalue weighted by molar-refractivity contribution is 6.33. The summed E-state index contributed by atoms with van der Waals surface area (Å²) in [6, 6.07) is 6.45. The van der Waals surface area contributed by atoms with Gasteiger partial charge in [-0.25, -0.2) is 0 Å². The zero-order valence-corrected chi connectivity index (χ0v) is 14.6. The van der Waals surface area contributed by atoms with Gasteiger partial charge in [0.05, 0.1) is 5.69 Å². The number of benzene rings is 1. The van der Waals surface area contributed by atoms with E-state index in [4.69, 9.17) is 0 Å².